The molecule has 2 aromatic rings. The number of phenolic OH excluding ortho intramolecular Hbond substituents is 2. The lowest BCUT2D eigenvalue weighted by Gasteiger charge is -2.17. The molecule has 1 amide bonds. The number of amides is 1. The van der Waals surface area contributed by atoms with E-state index in [0.29, 0.717) is 24.1 Å². The Balaban J connectivity index is 2.44. The Morgan fingerprint density at radius 3 is 2.59 bits per heavy atom. The van der Waals surface area contributed by atoms with Crippen LogP contribution in [0.5, 0.6) is 11.5 Å². The minimum Gasteiger partial charge on any atom is -0.507 e. The maximum atomic E-state index is 11.7. The van der Waals surface area contributed by atoms with Crippen molar-refractivity contribution in [2.24, 2.45) is 0 Å². The van der Waals surface area contributed by atoms with Gasteiger partial charge >= 0.3 is 6.09 Å². The summed E-state index contributed by atoms with van der Waals surface area (Å²) < 4.78 is 5.26. The fourth-order valence-electron chi connectivity index (χ4n) is 3.12. The van der Waals surface area contributed by atoms with Crippen LogP contribution in [0.15, 0.2) is 30.3 Å². The number of carbonyl (C=O) groups excluding carboxylic acids is 1. The Kier molecular flexibility index (Phi) is 7.53. The zero-order chi connectivity index (χ0) is 19.8. The summed E-state index contributed by atoms with van der Waals surface area (Å²) in [6.45, 7) is 6.31. The van der Waals surface area contributed by atoms with Crippen LogP contribution in [0, 0.1) is 6.92 Å². The minimum atomic E-state index is -0.526. The van der Waals surface area contributed by atoms with Gasteiger partial charge < -0.3 is 20.3 Å². The smallest absolute Gasteiger partial charge is 0.407 e. The average Bonchev–Trinajstić information content (AvgIpc) is 2.61. The standard InChI is InChI=1S/C22H29NO4/c1-4-6-7-10-16-13-19(24)20(17-11-8-9-15(3)12-17)21(25)18(16)14-27-22(26)23-5-2/h8-9,11-13,24-25H,4-7,10,14H2,1-3H3,(H,23,26). The summed E-state index contributed by atoms with van der Waals surface area (Å²) in [5, 5.41) is 24.1. The minimum absolute atomic E-state index is 0.0311. The van der Waals surface area contributed by atoms with Crippen LogP contribution in [0.1, 0.15) is 49.8 Å². The number of hydrogen-bond acceptors (Lipinski definition) is 4. The van der Waals surface area contributed by atoms with Crippen molar-refractivity contribution in [2.75, 3.05) is 6.54 Å². The van der Waals surface area contributed by atoms with E-state index in [1.165, 1.54) is 0 Å². The number of rotatable bonds is 8. The summed E-state index contributed by atoms with van der Waals surface area (Å²) in [5.74, 6) is 0.00255. The Labute approximate surface area is 161 Å². The Hall–Kier alpha value is -2.69. The van der Waals surface area contributed by atoms with Crippen molar-refractivity contribution in [3.05, 3.63) is 47.0 Å². The lowest BCUT2D eigenvalue weighted by Crippen LogP contribution is -2.23. The highest BCUT2D eigenvalue weighted by molar-refractivity contribution is 5.79. The Morgan fingerprint density at radius 1 is 1.15 bits per heavy atom. The summed E-state index contributed by atoms with van der Waals surface area (Å²) in [7, 11) is 0. The van der Waals surface area contributed by atoms with Gasteiger partial charge in [0.25, 0.3) is 0 Å². The second-order valence-corrected chi connectivity index (χ2v) is 6.69. The zero-order valence-corrected chi connectivity index (χ0v) is 16.3. The molecule has 0 bridgehead atoms. The number of aryl methyl sites for hydroxylation is 2. The quantitative estimate of drug-likeness (QED) is 0.567. The molecule has 0 radical (unpaired) electrons. The number of alkyl carbamates (subject to hydrolysis) is 1. The first-order valence-corrected chi connectivity index (χ1v) is 9.52. The van der Waals surface area contributed by atoms with E-state index in [1.54, 1.807) is 6.07 Å². The summed E-state index contributed by atoms with van der Waals surface area (Å²) in [5.41, 5.74) is 3.47. The van der Waals surface area contributed by atoms with Gasteiger partial charge in [-0.05, 0) is 43.9 Å². The van der Waals surface area contributed by atoms with Crippen LogP contribution in [0.25, 0.3) is 11.1 Å². The van der Waals surface area contributed by atoms with Crippen molar-refractivity contribution < 1.29 is 19.7 Å². The van der Waals surface area contributed by atoms with E-state index < -0.39 is 6.09 Å². The first kappa shape index (κ1) is 20.6. The molecule has 5 heteroatoms. The molecule has 2 rings (SSSR count). The van der Waals surface area contributed by atoms with Gasteiger partial charge in [-0.3, -0.25) is 0 Å². The molecule has 2 aromatic carbocycles. The predicted octanol–water partition coefficient (Wildman–Crippen LogP) is 5.05. The number of hydrogen-bond donors (Lipinski definition) is 3. The molecule has 146 valence electrons. The zero-order valence-electron chi connectivity index (χ0n) is 16.3. The maximum Gasteiger partial charge on any atom is 0.407 e. The van der Waals surface area contributed by atoms with Crippen molar-refractivity contribution in [2.45, 2.75) is 53.1 Å². The van der Waals surface area contributed by atoms with E-state index in [-0.39, 0.29) is 18.1 Å². The molecule has 0 saturated heterocycles. The van der Waals surface area contributed by atoms with Crippen LogP contribution in [-0.4, -0.2) is 22.9 Å². The van der Waals surface area contributed by atoms with Crippen LogP contribution < -0.4 is 5.32 Å². The van der Waals surface area contributed by atoms with Gasteiger partial charge in [0.2, 0.25) is 0 Å². The molecule has 0 atom stereocenters. The summed E-state index contributed by atoms with van der Waals surface area (Å²) in [6.07, 6.45) is 3.24. The highest BCUT2D eigenvalue weighted by atomic mass is 16.5. The molecule has 0 aliphatic rings. The van der Waals surface area contributed by atoms with E-state index in [1.807, 2.05) is 38.1 Å². The van der Waals surface area contributed by atoms with E-state index in [2.05, 4.69) is 12.2 Å². The molecule has 0 heterocycles. The first-order chi connectivity index (χ1) is 13.0. The van der Waals surface area contributed by atoms with Crippen LogP contribution in [0.4, 0.5) is 4.79 Å². The largest absolute Gasteiger partial charge is 0.507 e. The number of aromatic hydroxyl groups is 2. The molecule has 27 heavy (non-hydrogen) atoms. The van der Waals surface area contributed by atoms with Crippen LogP contribution in [-0.2, 0) is 17.8 Å². The number of ether oxygens (including phenoxy) is 1. The molecule has 0 spiro atoms. The lowest BCUT2D eigenvalue weighted by atomic mass is 9.93. The third-order valence-corrected chi connectivity index (χ3v) is 4.50. The maximum absolute atomic E-state index is 11.7. The van der Waals surface area contributed by atoms with Crippen LogP contribution in [0.2, 0.25) is 0 Å². The van der Waals surface area contributed by atoms with E-state index in [9.17, 15) is 15.0 Å². The van der Waals surface area contributed by atoms with Gasteiger partial charge in [-0.2, -0.15) is 0 Å². The van der Waals surface area contributed by atoms with Gasteiger partial charge in [-0.1, -0.05) is 49.6 Å². The monoisotopic (exact) mass is 371 g/mol. The van der Waals surface area contributed by atoms with Crippen molar-refractivity contribution in [3.63, 3.8) is 0 Å². The first-order valence-electron chi connectivity index (χ1n) is 9.52. The summed E-state index contributed by atoms with van der Waals surface area (Å²) >= 11 is 0. The second kappa shape index (κ2) is 9.86. The van der Waals surface area contributed by atoms with Gasteiger partial charge in [0.05, 0.1) is 5.56 Å². The van der Waals surface area contributed by atoms with Gasteiger partial charge in [-0.15, -0.1) is 0 Å². The molecule has 0 aliphatic heterocycles. The van der Waals surface area contributed by atoms with Gasteiger partial charge in [0.15, 0.2) is 0 Å². The van der Waals surface area contributed by atoms with Crippen molar-refractivity contribution in [3.8, 4) is 22.6 Å². The Bertz CT molecular complexity index is 786. The van der Waals surface area contributed by atoms with Gasteiger partial charge in [-0.25, -0.2) is 4.79 Å². The molecule has 3 N–H and O–H groups in total. The molecule has 0 fully saturated rings. The van der Waals surface area contributed by atoms with Crippen LogP contribution >= 0.6 is 0 Å². The number of phenols is 2. The third kappa shape index (κ3) is 5.39. The Morgan fingerprint density at radius 2 is 1.93 bits per heavy atom. The lowest BCUT2D eigenvalue weighted by molar-refractivity contribution is 0.139. The molecular formula is C22H29NO4. The summed E-state index contributed by atoms with van der Waals surface area (Å²) in [4.78, 5) is 11.7. The molecule has 0 saturated carbocycles. The molecule has 0 aromatic heterocycles. The van der Waals surface area contributed by atoms with E-state index in [4.69, 9.17) is 4.74 Å². The van der Waals surface area contributed by atoms with E-state index >= 15 is 0 Å². The van der Waals surface area contributed by atoms with E-state index in [0.717, 1.165) is 36.0 Å². The molecule has 0 aliphatic carbocycles. The second-order valence-electron chi connectivity index (χ2n) is 6.69. The van der Waals surface area contributed by atoms with Crippen LogP contribution in [0.3, 0.4) is 0 Å². The topological polar surface area (TPSA) is 78.8 Å². The number of unbranched alkanes of at least 4 members (excludes halogenated alkanes) is 2. The fourth-order valence-corrected chi connectivity index (χ4v) is 3.12. The highest BCUT2D eigenvalue weighted by Crippen LogP contribution is 2.42. The SMILES string of the molecule is CCCCCc1cc(O)c(-c2cccc(C)c2)c(O)c1COC(=O)NCC. The normalized spacial score (nSPS) is 10.6. The number of carbonyl (C=O) groups is 1. The van der Waals surface area contributed by atoms with Crippen molar-refractivity contribution in [1.29, 1.82) is 0 Å². The average molecular weight is 371 g/mol. The highest BCUT2D eigenvalue weighted by Gasteiger charge is 2.20. The van der Waals surface area contributed by atoms with Crippen molar-refractivity contribution >= 4 is 6.09 Å². The summed E-state index contributed by atoms with van der Waals surface area (Å²) in [6, 6.07) is 9.26. The fraction of sp³-hybridized carbons (Fsp3) is 0.409. The third-order valence-electron chi connectivity index (χ3n) is 4.50. The van der Waals surface area contributed by atoms with Gasteiger partial charge in [0.1, 0.15) is 18.1 Å². The number of nitrogens with one attached hydrogen (secondary N) is 1. The predicted molar refractivity (Wildman–Crippen MR) is 107 cm³/mol. The molecule has 5 nitrogen and oxygen atoms in total. The molecule has 0 unspecified atom stereocenters. The number of benzene rings is 2. The van der Waals surface area contributed by atoms with Gasteiger partial charge in [0, 0.05) is 12.1 Å². The molecular weight excluding hydrogens is 342 g/mol. The van der Waals surface area contributed by atoms with Crippen molar-refractivity contribution in [1.82, 2.24) is 5.32 Å².